The lowest BCUT2D eigenvalue weighted by atomic mass is 10.1. The molecule has 0 aliphatic carbocycles. The molecule has 1 fully saturated rings. The molecule has 1 saturated heterocycles. The van der Waals surface area contributed by atoms with E-state index in [4.69, 9.17) is 0 Å². The predicted molar refractivity (Wildman–Crippen MR) is 76.6 cm³/mol. The molecule has 1 N–H and O–H groups in total. The van der Waals surface area contributed by atoms with E-state index in [0.717, 1.165) is 10.9 Å². The van der Waals surface area contributed by atoms with Crippen LogP contribution in [0, 0.1) is 0 Å². The van der Waals surface area contributed by atoms with Crippen LogP contribution in [-0.4, -0.2) is 35.8 Å². The standard InChI is InChI=1S/C14H17BrN2O2/c1-9(7-10-3-5-11(15)6-4-10)16-12-8-13(18)17(2)14(12)19/h3-6,9,12,16H,7-8H2,1-2H3. The number of imide groups is 1. The molecule has 1 aromatic carbocycles. The Balaban J connectivity index is 1.91. The third-order valence-corrected chi connectivity index (χ3v) is 3.85. The second-order valence-electron chi connectivity index (χ2n) is 4.95. The van der Waals surface area contributed by atoms with Crippen LogP contribution in [0.25, 0.3) is 0 Å². The van der Waals surface area contributed by atoms with Gasteiger partial charge in [0, 0.05) is 17.6 Å². The van der Waals surface area contributed by atoms with Crippen LogP contribution < -0.4 is 5.32 Å². The van der Waals surface area contributed by atoms with Crippen LogP contribution in [-0.2, 0) is 16.0 Å². The van der Waals surface area contributed by atoms with Crippen molar-refractivity contribution in [1.29, 1.82) is 0 Å². The monoisotopic (exact) mass is 324 g/mol. The summed E-state index contributed by atoms with van der Waals surface area (Å²) in [5.41, 5.74) is 1.20. The first-order valence-corrected chi connectivity index (χ1v) is 7.07. The normalized spacial score (nSPS) is 21.0. The fraction of sp³-hybridized carbons (Fsp3) is 0.429. The molecule has 1 aromatic rings. The van der Waals surface area contributed by atoms with E-state index in [-0.39, 0.29) is 30.3 Å². The number of nitrogens with zero attached hydrogens (tertiary/aromatic N) is 1. The second-order valence-corrected chi connectivity index (χ2v) is 5.86. The number of hydrogen-bond donors (Lipinski definition) is 1. The summed E-state index contributed by atoms with van der Waals surface area (Å²) in [6, 6.07) is 7.88. The summed E-state index contributed by atoms with van der Waals surface area (Å²) in [5.74, 6) is -0.244. The molecule has 102 valence electrons. The Hall–Kier alpha value is -1.20. The molecule has 2 rings (SSSR count). The summed E-state index contributed by atoms with van der Waals surface area (Å²) >= 11 is 3.40. The van der Waals surface area contributed by atoms with E-state index in [1.165, 1.54) is 17.5 Å². The minimum Gasteiger partial charge on any atom is -0.303 e. The van der Waals surface area contributed by atoms with Crippen molar-refractivity contribution < 1.29 is 9.59 Å². The average molecular weight is 325 g/mol. The Morgan fingerprint density at radius 1 is 1.37 bits per heavy atom. The highest BCUT2D eigenvalue weighted by Crippen LogP contribution is 2.14. The molecule has 0 aromatic heterocycles. The molecule has 2 unspecified atom stereocenters. The van der Waals surface area contributed by atoms with Crippen molar-refractivity contribution in [2.45, 2.75) is 31.8 Å². The minimum absolute atomic E-state index is 0.113. The Kier molecular flexibility index (Phi) is 4.37. The zero-order valence-corrected chi connectivity index (χ0v) is 12.6. The van der Waals surface area contributed by atoms with Crippen LogP contribution in [0.2, 0.25) is 0 Å². The average Bonchev–Trinajstić information content (AvgIpc) is 2.60. The number of halogens is 1. The van der Waals surface area contributed by atoms with E-state index in [2.05, 4.69) is 33.4 Å². The van der Waals surface area contributed by atoms with Crippen molar-refractivity contribution in [2.24, 2.45) is 0 Å². The summed E-state index contributed by atoms with van der Waals surface area (Å²) in [6.45, 7) is 2.03. The Labute approximate surface area is 121 Å². The molecule has 1 heterocycles. The first kappa shape index (κ1) is 14.2. The topological polar surface area (TPSA) is 49.4 Å². The molecule has 0 radical (unpaired) electrons. The highest BCUT2D eigenvalue weighted by atomic mass is 79.9. The van der Waals surface area contributed by atoms with Gasteiger partial charge < -0.3 is 5.32 Å². The summed E-state index contributed by atoms with van der Waals surface area (Å²) in [6.07, 6.45) is 1.09. The molecular weight excluding hydrogens is 308 g/mol. The second kappa shape index (κ2) is 5.84. The number of likely N-dealkylation sites (N-methyl/N-ethyl adjacent to an activating group) is 1. The fourth-order valence-corrected chi connectivity index (χ4v) is 2.53. The van der Waals surface area contributed by atoms with Crippen LogP contribution in [0.1, 0.15) is 18.9 Å². The van der Waals surface area contributed by atoms with Gasteiger partial charge in [-0.1, -0.05) is 28.1 Å². The van der Waals surface area contributed by atoms with Gasteiger partial charge in [-0.2, -0.15) is 0 Å². The first-order valence-electron chi connectivity index (χ1n) is 6.28. The van der Waals surface area contributed by atoms with Gasteiger partial charge in [-0.25, -0.2) is 0 Å². The van der Waals surface area contributed by atoms with Crippen molar-refractivity contribution in [3.8, 4) is 0 Å². The third kappa shape index (κ3) is 3.42. The summed E-state index contributed by atoms with van der Waals surface area (Å²) in [4.78, 5) is 24.4. The molecule has 2 atom stereocenters. The van der Waals surface area contributed by atoms with Gasteiger partial charge >= 0.3 is 0 Å². The van der Waals surface area contributed by atoms with Gasteiger partial charge in [0.05, 0.1) is 12.5 Å². The Bertz CT molecular complexity index is 487. The summed E-state index contributed by atoms with van der Waals surface area (Å²) < 4.78 is 1.05. The summed E-state index contributed by atoms with van der Waals surface area (Å²) in [7, 11) is 1.53. The van der Waals surface area contributed by atoms with Gasteiger partial charge in [-0.15, -0.1) is 0 Å². The minimum atomic E-state index is -0.372. The van der Waals surface area contributed by atoms with Gasteiger partial charge in [0.25, 0.3) is 0 Å². The summed E-state index contributed by atoms with van der Waals surface area (Å²) in [5, 5.41) is 3.23. The predicted octanol–water partition coefficient (Wildman–Crippen LogP) is 1.73. The number of hydrogen-bond acceptors (Lipinski definition) is 3. The van der Waals surface area contributed by atoms with E-state index < -0.39 is 0 Å². The lowest BCUT2D eigenvalue weighted by Gasteiger charge is -2.18. The van der Waals surface area contributed by atoms with Gasteiger partial charge in [0.1, 0.15) is 0 Å². The van der Waals surface area contributed by atoms with E-state index in [0.29, 0.717) is 0 Å². The Morgan fingerprint density at radius 2 is 2.00 bits per heavy atom. The molecule has 1 aliphatic rings. The van der Waals surface area contributed by atoms with Crippen molar-refractivity contribution in [1.82, 2.24) is 10.2 Å². The van der Waals surface area contributed by atoms with Crippen LogP contribution in [0.3, 0.4) is 0 Å². The maximum atomic E-state index is 11.8. The first-order chi connectivity index (χ1) is 8.97. The third-order valence-electron chi connectivity index (χ3n) is 3.32. The number of likely N-dealkylation sites (tertiary alicyclic amines) is 1. The van der Waals surface area contributed by atoms with Gasteiger partial charge in [-0.3, -0.25) is 14.5 Å². The van der Waals surface area contributed by atoms with E-state index >= 15 is 0 Å². The zero-order valence-electron chi connectivity index (χ0n) is 11.0. The van der Waals surface area contributed by atoms with Crippen LogP contribution in [0.15, 0.2) is 28.7 Å². The smallest absolute Gasteiger partial charge is 0.246 e. The van der Waals surface area contributed by atoms with E-state index in [1.807, 2.05) is 19.1 Å². The van der Waals surface area contributed by atoms with E-state index in [1.54, 1.807) is 0 Å². The van der Waals surface area contributed by atoms with Crippen LogP contribution in [0.5, 0.6) is 0 Å². The van der Waals surface area contributed by atoms with Crippen molar-refractivity contribution in [3.05, 3.63) is 34.3 Å². The molecule has 19 heavy (non-hydrogen) atoms. The fourth-order valence-electron chi connectivity index (χ4n) is 2.26. The van der Waals surface area contributed by atoms with Crippen molar-refractivity contribution in [2.75, 3.05) is 7.05 Å². The lowest BCUT2D eigenvalue weighted by Crippen LogP contribution is -2.42. The van der Waals surface area contributed by atoms with Crippen LogP contribution in [0.4, 0.5) is 0 Å². The van der Waals surface area contributed by atoms with Crippen molar-refractivity contribution >= 4 is 27.7 Å². The maximum Gasteiger partial charge on any atom is 0.246 e. The van der Waals surface area contributed by atoms with Gasteiger partial charge in [0.15, 0.2) is 0 Å². The number of carbonyl (C=O) groups is 2. The molecule has 5 heteroatoms. The SMILES string of the molecule is CC(Cc1ccc(Br)cc1)NC1CC(=O)N(C)C1=O. The number of benzene rings is 1. The van der Waals surface area contributed by atoms with Crippen LogP contribution >= 0.6 is 15.9 Å². The number of rotatable bonds is 4. The lowest BCUT2D eigenvalue weighted by molar-refractivity contribution is -0.137. The number of carbonyl (C=O) groups excluding carboxylic acids is 2. The Morgan fingerprint density at radius 3 is 2.53 bits per heavy atom. The molecule has 4 nitrogen and oxygen atoms in total. The largest absolute Gasteiger partial charge is 0.303 e. The molecule has 1 aliphatic heterocycles. The molecular formula is C14H17BrN2O2. The highest BCUT2D eigenvalue weighted by molar-refractivity contribution is 9.10. The van der Waals surface area contributed by atoms with Gasteiger partial charge in [-0.05, 0) is 31.0 Å². The van der Waals surface area contributed by atoms with E-state index in [9.17, 15) is 9.59 Å². The number of amides is 2. The molecule has 0 bridgehead atoms. The molecule has 0 spiro atoms. The maximum absolute atomic E-state index is 11.8. The molecule has 0 saturated carbocycles. The quantitative estimate of drug-likeness (QED) is 0.858. The molecule has 2 amide bonds. The number of nitrogens with one attached hydrogen (secondary N) is 1. The van der Waals surface area contributed by atoms with Gasteiger partial charge in [0.2, 0.25) is 11.8 Å². The van der Waals surface area contributed by atoms with Crippen molar-refractivity contribution in [3.63, 3.8) is 0 Å². The highest BCUT2D eigenvalue weighted by Gasteiger charge is 2.36. The zero-order chi connectivity index (χ0) is 14.0.